The second kappa shape index (κ2) is 3.47. The first kappa shape index (κ1) is 11.4. The van der Waals surface area contributed by atoms with E-state index in [9.17, 15) is 22.8 Å². The molecule has 0 aromatic carbocycles. The number of alkyl halides is 3. The lowest BCUT2D eigenvalue weighted by molar-refractivity contribution is -0.128. The molecule has 0 bridgehead atoms. The first-order valence-corrected chi connectivity index (χ1v) is 4.52. The lowest BCUT2D eigenvalue weighted by Crippen LogP contribution is -2.28. The van der Waals surface area contributed by atoms with Gasteiger partial charge in [-0.2, -0.15) is 13.2 Å². The van der Waals surface area contributed by atoms with E-state index in [2.05, 4.69) is 9.97 Å². The molecule has 2 aromatic heterocycles. The normalized spacial score (nSPS) is 12.2. The van der Waals surface area contributed by atoms with E-state index in [4.69, 9.17) is 0 Å². The Balaban J connectivity index is 2.66. The van der Waals surface area contributed by atoms with Crippen molar-refractivity contribution in [1.29, 1.82) is 0 Å². The number of aromatic nitrogens is 4. The van der Waals surface area contributed by atoms with Crippen molar-refractivity contribution in [2.75, 3.05) is 0 Å². The third-order valence-electron chi connectivity index (χ3n) is 2.17. The quantitative estimate of drug-likeness (QED) is 0.748. The van der Waals surface area contributed by atoms with E-state index in [1.807, 2.05) is 4.98 Å². The predicted octanol–water partition coefficient (Wildman–Crippen LogP) is 0.0547. The molecule has 0 aliphatic carbocycles. The Labute approximate surface area is 91.1 Å². The van der Waals surface area contributed by atoms with Crippen molar-refractivity contribution in [2.45, 2.75) is 12.6 Å². The van der Waals surface area contributed by atoms with Crippen molar-refractivity contribution in [3.8, 4) is 0 Å². The molecule has 9 heteroatoms. The Morgan fingerprint density at radius 3 is 2.53 bits per heavy atom. The highest BCUT2D eigenvalue weighted by Gasteiger charge is 2.30. The molecule has 6 nitrogen and oxygen atoms in total. The maximum atomic E-state index is 12.1. The zero-order valence-electron chi connectivity index (χ0n) is 8.55. The highest BCUT2D eigenvalue weighted by Crippen LogP contribution is 2.20. The summed E-state index contributed by atoms with van der Waals surface area (Å²) in [6, 6.07) is 0. The number of nitrogens with one attached hydrogen (secondary N) is 2. The van der Waals surface area contributed by atoms with E-state index >= 15 is 0 Å². The topological polar surface area (TPSA) is 83.5 Å². The number of rotatable bonds is 1. The maximum absolute atomic E-state index is 12.1. The maximum Gasteiger partial charge on any atom is 0.396 e. The number of fused-ring (bicyclic) bond motifs is 1. The molecule has 0 spiro atoms. The molecule has 0 saturated heterocycles. The van der Waals surface area contributed by atoms with Gasteiger partial charge in [0, 0.05) is 7.05 Å². The number of aromatic amines is 2. The van der Waals surface area contributed by atoms with Crippen LogP contribution in [0.15, 0.2) is 9.59 Å². The number of aryl methyl sites for hydroxylation is 1. The monoisotopic (exact) mass is 248 g/mol. The summed E-state index contributed by atoms with van der Waals surface area (Å²) in [6.45, 7) is 0. The van der Waals surface area contributed by atoms with Crippen molar-refractivity contribution >= 4 is 11.2 Å². The van der Waals surface area contributed by atoms with Gasteiger partial charge in [-0.15, -0.1) is 0 Å². The molecule has 0 saturated carbocycles. The van der Waals surface area contributed by atoms with Crippen LogP contribution in [0.3, 0.4) is 0 Å². The molecule has 92 valence electrons. The van der Waals surface area contributed by atoms with Crippen molar-refractivity contribution in [1.82, 2.24) is 19.5 Å². The summed E-state index contributed by atoms with van der Waals surface area (Å²) >= 11 is 0. The number of hydrogen-bond acceptors (Lipinski definition) is 3. The molecule has 0 aliphatic heterocycles. The molecule has 2 N–H and O–H groups in total. The summed E-state index contributed by atoms with van der Waals surface area (Å²) in [5.74, 6) is -0.404. The van der Waals surface area contributed by atoms with Gasteiger partial charge in [0.1, 0.15) is 17.8 Å². The molecule has 0 unspecified atom stereocenters. The highest BCUT2D eigenvalue weighted by molar-refractivity contribution is 5.69. The number of H-pyrrole nitrogens is 2. The summed E-state index contributed by atoms with van der Waals surface area (Å²) in [5.41, 5.74) is -1.76. The average Bonchev–Trinajstić information content (AvgIpc) is 2.56. The summed E-state index contributed by atoms with van der Waals surface area (Å²) in [5, 5.41) is 0. The van der Waals surface area contributed by atoms with Gasteiger partial charge in [-0.05, 0) is 0 Å². The summed E-state index contributed by atoms with van der Waals surface area (Å²) < 4.78 is 37.4. The molecule has 0 aliphatic rings. The van der Waals surface area contributed by atoms with E-state index in [1.165, 1.54) is 7.05 Å². The van der Waals surface area contributed by atoms with Crippen LogP contribution in [0.4, 0.5) is 13.2 Å². The number of hydrogen-bond donors (Lipinski definition) is 2. The van der Waals surface area contributed by atoms with Gasteiger partial charge in [-0.25, -0.2) is 9.78 Å². The third-order valence-corrected chi connectivity index (χ3v) is 2.17. The molecule has 2 heterocycles. The largest absolute Gasteiger partial charge is 0.396 e. The molecule has 2 rings (SSSR count). The molecule has 0 amide bonds. The van der Waals surface area contributed by atoms with Crippen LogP contribution in [-0.4, -0.2) is 25.7 Å². The number of halogens is 3. The Morgan fingerprint density at radius 2 is 1.94 bits per heavy atom. The molecular formula is C8H7F3N4O2. The fourth-order valence-corrected chi connectivity index (χ4v) is 1.43. The summed E-state index contributed by atoms with van der Waals surface area (Å²) in [7, 11) is 1.30. The van der Waals surface area contributed by atoms with E-state index < -0.39 is 29.7 Å². The number of nitrogens with zero attached hydrogens (tertiary/aromatic N) is 2. The van der Waals surface area contributed by atoms with Gasteiger partial charge in [-0.1, -0.05) is 0 Å². The lowest BCUT2D eigenvalue weighted by atomic mass is 10.4. The van der Waals surface area contributed by atoms with Gasteiger partial charge < -0.3 is 4.98 Å². The van der Waals surface area contributed by atoms with Crippen molar-refractivity contribution in [3.05, 3.63) is 26.7 Å². The second-order valence-corrected chi connectivity index (χ2v) is 3.49. The van der Waals surface area contributed by atoms with E-state index in [0.29, 0.717) is 0 Å². The molecule has 17 heavy (non-hydrogen) atoms. The first-order chi connectivity index (χ1) is 7.78. The van der Waals surface area contributed by atoms with Crippen LogP contribution in [0.25, 0.3) is 11.2 Å². The van der Waals surface area contributed by atoms with Crippen molar-refractivity contribution < 1.29 is 13.2 Å². The van der Waals surface area contributed by atoms with Crippen molar-refractivity contribution in [3.63, 3.8) is 0 Å². The van der Waals surface area contributed by atoms with E-state index in [1.54, 1.807) is 0 Å². The van der Waals surface area contributed by atoms with Crippen molar-refractivity contribution in [2.24, 2.45) is 7.05 Å². The van der Waals surface area contributed by atoms with Crippen LogP contribution < -0.4 is 11.2 Å². The first-order valence-electron chi connectivity index (χ1n) is 4.52. The van der Waals surface area contributed by atoms with Gasteiger partial charge in [0.25, 0.3) is 5.56 Å². The minimum absolute atomic E-state index is 0.0991. The molecule has 0 radical (unpaired) electrons. The third kappa shape index (κ3) is 2.08. The molecule has 0 atom stereocenters. The minimum Gasteiger partial charge on any atom is -0.336 e. The standard InChI is InChI=1S/C8H7F3N4O2/c1-15-5-4(6(16)14-7(15)17)12-3(13-5)2-8(9,10)11/h2H2,1H3,(H,12,13)(H,14,16,17). The van der Waals surface area contributed by atoms with Gasteiger partial charge in [0.15, 0.2) is 5.65 Å². The smallest absolute Gasteiger partial charge is 0.336 e. The molecular weight excluding hydrogens is 241 g/mol. The van der Waals surface area contributed by atoms with Gasteiger partial charge in [0.05, 0.1) is 0 Å². The second-order valence-electron chi connectivity index (χ2n) is 3.49. The fourth-order valence-electron chi connectivity index (χ4n) is 1.43. The highest BCUT2D eigenvalue weighted by atomic mass is 19.4. The zero-order chi connectivity index (χ0) is 12.8. The van der Waals surface area contributed by atoms with Crippen LogP contribution in [0.5, 0.6) is 0 Å². The summed E-state index contributed by atoms with van der Waals surface area (Å²) in [4.78, 5) is 30.3. The average molecular weight is 248 g/mol. The Morgan fingerprint density at radius 1 is 1.29 bits per heavy atom. The summed E-state index contributed by atoms with van der Waals surface area (Å²) in [6.07, 6.45) is -5.71. The molecule has 0 fully saturated rings. The van der Waals surface area contributed by atoms with Crippen LogP contribution >= 0.6 is 0 Å². The van der Waals surface area contributed by atoms with E-state index in [0.717, 1.165) is 4.57 Å². The fraction of sp³-hybridized carbons (Fsp3) is 0.375. The van der Waals surface area contributed by atoms with Gasteiger partial charge in [0.2, 0.25) is 0 Å². The Hall–Kier alpha value is -2.06. The van der Waals surface area contributed by atoms with Crippen LogP contribution in [-0.2, 0) is 13.5 Å². The Kier molecular flexibility index (Phi) is 2.33. The SMILES string of the molecule is Cn1c(=O)[nH]c(=O)c2[nH]c(CC(F)(F)F)nc21. The van der Waals surface area contributed by atoms with Crippen LogP contribution in [0, 0.1) is 0 Å². The van der Waals surface area contributed by atoms with Gasteiger partial charge >= 0.3 is 11.9 Å². The minimum atomic E-state index is -4.43. The number of imidazole rings is 1. The molecule has 2 aromatic rings. The van der Waals surface area contributed by atoms with Gasteiger partial charge in [-0.3, -0.25) is 14.3 Å². The lowest BCUT2D eigenvalue weighted by Gasteiger charge is -2.01. The van der Waals surface area contributed by atoms with E-state index in [-0.39, 0.29) is 11.2 Å². The van der Waals surface area contributed by atoms with Crippen LogP contribution in [0.1, 0.15) is 5.82 Å². The van der Waals surface area contributed by atoms with Crippen LogP contribution in [0.2, 0.25) is 0 Å². The zero-order valence-corrected chi connectivity index (χ0v) is 8.55. The Bertz CT molecular complexity index is 679. The predicted molar refractivity (Wildman–Crippen MR) is 51.7 cm³/mol.